The maximum Gasteiger partial charge on any atom is 0.329 e. The molecule has 1 N–H and O–H groups in total. The Kier molecular flexibility index (Phi) is 3.31. The van der Waals surface area contributed by atoms with E-state index in [-0.39, 0.29) is 11.7 Å². The minimum atomic E-state index is -0.196. The molecule has 0 amide bonds. The summed E-state index contributed by atoms with van der Waals surface area (Å²) in [7, 11) is 0. The van der Waals surface area contributed by atoms with Crippen LogP contribution in [0.3, 0.4) is 0 Å². The van der Waals surface area contributed by atoms with Crippen molar-refractivity contribution in [2.75, 3.05) is 0 Å². The lowest BCUT2D eigenvalue weighted by atomic mass is 10.1. The molecular weight excluding hydrogens is 308 g/mol. The number of fused-ring (bicyclic) bond motifs is 1. The second-order valence-electron chi connectivity index (χ2n) is 5.33. The van der Waals surface area contributed by atoms with Crippen LogP contribution in [0.1, 0.15) is 18.5 Å². The molecule has 0 saturated heterocycles. The molecule has 0 radical (unpaired) electrons. The molecule has 0 spiro atoms. The van der Waals surface area contributed by atoms with Gasteiger partial charge in [0.2, 0.25) is 0 Å². The average Bonchev–Trinajstić information content (AvgIpc) is 3.21. The van der Waals surface area contributed by atoms with Crippen LogP contribution in [-0.2, 0) is 0 Å². The lowest BCUT2D eigenvalue weighted by Crippen LogP contribution is -2.21. The van der Waals surface area contributed by atoms with Crippen LogP contribution in [0.4, 0.5) is 0 Å². The first-order chi connectivity index (χ1) is 11.2. The Balaban J connectivity index is 1.90. The highest BCUT2D eigenvalue weighted by atomic mass is 32.1. The van der Waals surface area contributed by atoms with E-state index in [1.165, 1.54) is 0 Å². The number of nitrogens with one attached hydrogen (secondary N) is 1. The van der Waals surface area contributed by atoms with Crippen LogP contribution in [0.2, 0.25) is 0 Å². The van der Waals surface area contributed by atoms with E-state index in [4.69, 9.17) is 0 Å². The summed E-state index contributed by atoms with van der Waals surface area (Å²) in [5, 5.41) is 4.02. The zero-order valence-corrected chi connectivity index (χ0v) is 13.2. The summed E-state index contributed by atoms with van der Waals surface area (Å²) in [5.41, 5.74) is 3.73. The Hall–Kier alpha value is -2.73. The summed E-state index contributed by atoms with van der Waals surface area (Å²) in [6.45, 7) is 1.99. The van der Waals surface area contributed by atoms with E-state index >= 15 is 0 Å². The fourth-order valence-corrected chi connectivity index (χ4v) is 3.33. The number of hydrogen-bond acceptors (Lipinski definition) is 4. The molecule has 0 aliphatic carbocycles. The van der Waals surface area contributed by atoms with Crippen molar-refractivity contribution >= 4 is 22.6 Å². The molecule has 3 aromatic heterocycles. The normalized spacial score (nSPS) is 12.6. The number of nitrogens with zero attached hydrogens (tertiary/aromatic N) is 3. The van der Waals surface area contributed by atoms with Gasteiger partial charge in [-0.15, -0.1) is 0 Å². The molecule has 1 aromatic carbocycles. The van der Waals surface area contributed by atoms with Crippen molar-refractivity contribution in [2.24, 2.45) is 0 Å². The molecule has 0 aliphatic rings. The quantitative estimate of drug-likeness (QED) is 0.628. The van der Waals surface area contributed by atoms with E-state index in [0.717, 1.165) is 16.8 Å². The van der Waals surface area contributed by atoms with Gasteiger partial charge in [-0.2, -0.15) is 11.3 Å². The standard InChI is InChI=1S/C17H14N4OS/c1-11(12-5-3-2-4-6-12)21-16-15(20-17(21)22)18-9-14(19-16)13-7-8-23-10-13/h2-11H,1H3,(H,18,20,22)/t11-/m1/s1. The van der Waals surface area contributed by atoms with E-state index in [1.54, 1.807) is 22.1 Å². The Morgan fingerprint density at radius 2 is 2.04 bits per heavy atom. The summed E-state index contributed by atoms with van der Waals surface area (Å²) in [6.07, 6.45) is 1.69. The Bertz CT molecular complexity index is 1000. The van der Waals surface area contributed by atoms with E-state index in [2.05, 4.69) is 15.0 Å². The van der Waals surface area contributed by atoms with Crippen LogP contribution >= 0.6 is 11.3 Å². The van der Waals surface area contributed by atoms with E-state index in [0.29, 0.717) is 11.3 Å². The van der Waals surface area contributed by atoms with Crippen LogP contribution in [0.15, 0.2) is 58.1 Å². The molecule has 0 saturated carbocycles. The van der Waals surface area contributed by atoms with Crippen molar-refractivity contribution in [3.63, 3.8) is 0 Å². The van der Waals surface area contributed by atoms with Crippen molar-refractivity contribution < 1.29 is 0 Å². The third-order valence-electron chi connectivity index (χ3n) is 3.91. The van der Waals surface area contributed by atoms with Crippen molar-refractivity contribution in [1.82, 2.24) is 19.5 Å². The van der Waals surface area contributed by atoms with Crippen LogP contribution < -0.4 is 5.69 Å². The largest absolute Gasteiger partial charge is 0.329 e. The molecule has 1 atom stereocenters. The molecule has 0 aliphatic heterocycles. The van der Waals surface area contributed by atoms with E-state index in [9.17, 15) is 4.79 Å². The number of thiophene rings is 1. The van der Waals surface area contributed by atoms with Crippen LogP contribution in [-0.4, -0.2) is 19.5 Å². The number of H-pyrrole nitrogens is 1. The number of aromatic nitrogens is 4. The van der Waals surface area contributed by atoms with Gasteiger partial charge in [0.25, 0.3) is 0 Å². The van der Waals surface area contributed by atoms with Crippen LogP contribution in [0.5, 0.6) is 0 Å². The lowest BCUT2D eigenvalue weighted by molar-refractivity contribution is 0.631. The highest BCUT2D eigenvalue weighted by Gasteiger charge is 2.17. The molecule has 4 aromatic rings. The first kappa shape index (κ1) is 13.9. The first-order valence-electron chi connectivity index (χ1n) is 7.29. The van der Waals surface area contributed by atoms with E-state index < -0.39 is 0 Å². The van der Waals surface area contributed by atoms with Crippen molar-refractivity contribution in [2.45, 2.75) is 13.0 Å². The average molecular weight is 322 g/mol. The van der Waals surface area contributed by atoms with Gasteiger partial charge in [-0.05, 0) is 23.9 Å². The van der Waals surface area contributed by atoms with Gasteiger partial charge in [-0.1, -0.05) is 30.3 Å². The monoisotopic (exact) mass is 322 g/mol. The second kappa shape index (κ2) is 5.48. The minimum Gasteiger partial charge on any atom is -0.289 e. The van der Waals surface area contributed by atoms with Gasteiger partial charge in [-0.3, -0.25) is 9.55 Å². The number of hydrogen-bond donors (Lipinski definition) is 1. The van der Waals surface area contributed by atoms with Crippen molar-refractivity contribution in [1.29, 1.82) is 0 Å². The maximum atomic E-state index is 12.4. The predicted molar refractivity (Wildman–Crippen MR) is 91.7 cm³/mol. The number of benzene rings is 1. The topological polar surface area (TPSA) is 63.6 Å². The van der Waals surface area contributed by atoms with Gasteiger partial charge < -0.3 is 0 Å². The fourth-order valence-electron chi connectivity index (χ4n) is 2.68. The molecule has 5 nitrogen and oxygen atoms in total. The highest BCUT2D eigenvalue weighted by Crippen LogP contribution is 2.23. The second-order valence-corrected chi connectivity index (χ2v) is 6.11. The molecule has 0 bridgehead atoms. The third-order valence-corrected chi connectivity index (χ3v) is 4.60. The molecule has 3 heterocycles. The summed E-state index contributed by atoms with van der Waals surface area (Å²) in [4.78, 5) is 24.2. The molecule has 6 heteroatoms. The number of aromatic amines is 1. The van der Waals surface area contributed by atoms with Crippen molar-refractivity contribution in [3.05, 3.63) is 69.4 Å². The van der Waals surface area contributed by atoms with Crippen molar-refractivity contribution in [3.8, 4) is 11.3 Å². The van der Waals surface area contributed by atoms with Crippen LogP contribution in [0.25, 0.3) is 22.6 Å². The first-order valence-corrected chi connectivity index (χ1v) is 8.23. The van der Waals surface area contributed by atoms with Gasteiger partial charge in [-0.25, -0.2) is 14.8 Å². The molecular formula is C17H14N4OS. The van der Waals surface area contributed by atoms with Gasteiger partial charge in [0.05, 0.1) is 17.9 Å². The number of imidazole rings is 1. The predicted octanol–water partition coefficient (Wildman–Crippen LogP) is 3.46. The zero-order valence-electron chi connectivity index (χ0n) is 12.4. The van der Waals surface area contributed by atoms with Gasteiger partial charge in [0.1, 0.15) is 0 Å². The molecule has 23 heavy (non-hydrogen) atoms. The Labute approximate surface area is 136 Å². The van der Waals surface area contributed by atoms with E-state index in [1.807, 2.05) is 54.1 Å². The smallest absolute Gasteiger partial charge is 0.289 e. The summed E-state index contributed by atoms with van der Waals surface area (Å²) < 4.78 is 1.66. The Morgan fingerprint density at radius 3 is 2.78 bits per heavy atom. The van der Waals surface area contributed by atoms with Crippen LogP contribution in [0, 0.1) is 0 Å². The van der Waals surface area contributed by atoms with Gasteiger partial charge in [0.15, 0.2) is 11.3 Å². The molecule has 114 valence electrons. The summed E-state index contributed by atoms with van der Waals surface area (Å²) in [6, 6.07) is 11.8. The highest BCUT2D eigenvalue weighted by molar-refractivity contribution is 7.08. The molecule has 0 fully saturated rings. The SMILES string of the molecule is C[C@H](c1ccccc1)n1c(=O)[nH]c2ncc(-c3ccsc3)nc21. The maximum absolute atomic E-state index is 12.4. The zero-order chi connectivity index (χ0) is 15.8. The molecule has 4 rings (SSSR count). The molecule has 0 unspecified atom stereocenters. The Morgan fingerprint density at radius 1 is 1.22 bits per heavy atom. The van der Waals surface area contributed by atoms with Gasteiger partial charge >= 0.3 is 5.69 Å². The fraction of sp³-hybridized carbons (Fsp3) is 0.118. The van der Waals surface area contributed by atoms with Gasteiger partial charge in [0, 0.05) is 10.9 Å². The summed E-state index contributed by atoms with van der Waals surface area (Å²) >= 11 is 1.61. The lowest BCUT2D eigenvalue weighted by Gasteiger charge is -2.13. The number of rotatable bonds is 3. The minimum absolute atomic E-state index is 0.121. The summed E-state index contributed by atoms with van der Waals surface area (Å²) in [5.74, 6) is 0. The third kappa shape index (κ3) is 2.37.